The molecule has 0 spiro atoms. The molecule has 3 nitrogen and oxygen atoms in total. The van der Waals surface area contributed by atoms with Crippen LogP contribution in [0.4, 0.5) is 0 Å². The lowest BCUT2D eigenvalue weighted by atomic mass is 9.83. The molecule has 4 heteroatoms. The van der Waals surface area contributed by atoms with Crippen molar-refractivity contribution >= 4 is 77.2 Å². The van der Waals surface area contributed by atoms with Crippen LogP contribution in [-0.2, 0) is 4.57 Å². The molecule has 1 aliphatic rings. The van der Waals surface area contributed by atoms with Gasteiger partial charge >= 0.3 is 0 Å². The van der Waals surface area contributed by atoms with Gasteiger partial charge in [-0.2, -0.15) is 0 Å². The molecule has 0 fully saturated rings. The first-order valence-corrected chi connectivity index (χ1v) is 23.2. The molecule has 1 unspecified atom stereocenters. The van der Waals surface area contributed by atoms with Crippen LogP contribution in [-0.4, -0.2) is 9.55 Å². The largest absolute Gasteiger partial charge is 0.308 e. The minimum Gasteiger partial charge on any atom is -0.308 e. The summed E-state index contributed by atoms with van der Waals surface area (Å²) in [5.41, 5.74) is 10.4. The Hall–Kier alpha value is -7.84. The van der Waals surface area contributed by atoms with Crippen molar-refractivity contribution < 1.29 is 4.57 Å². The van der Waals surface area contributed by atoms with Gasteiger partial charge in [0.15, 0.2) is 7.14 Å². The highest BCUT2D eigenvalue weighted by molar-refractivity contribution is 7.86. The summed E-state index contributed by atoms with van der Waals surface area (Å²) in [6, 6.07) is 79.5. The minimum atomic E-state index is -3.49. The van der Waals surface area contributed by atoms with Crippen LogP contribution < -0.4 is 15.9 Å². The summed E-state index contributed by atoms with van der Waals surface area (Å²) in [6.45, 7) is 0. The smallest absolute Gasteiger partial charge is 0.175 e. The first-order valence-electron chi connectivity index (χ1n) is 21.5. The number of fused-ring (bicyclic) bond motifs is 6. The predicted octanol–water partition coefficient (Wildman–Crippen LogP) is 14.3. The van der Waals surface area contributed by atoms with Crippen molar-refractivity contribution in [2.24, 2.45) is 0 Å². The van der Waals surface area contributed by atoms with E-state index in [0.717, 1.165) is 60.5 Å². The fraction of sp³-hybridized carbons (Fsp3) is 0. The molecule has 0 aliphatic carbocycles. The Morgan fingerprint density at radius 3 is 1.60 bits per heavy atom. The van der Waals surface area contributed by atoms with Crippen LogP contribution >= 0.6 is 7.14 Å². The van der Waals surface area contributed by atoms with E-state index in [2.05, 4.69) is 180 Å². The Kier molecular flexibility index (Phi) is 7.88. The Morgan fingerprint density at radius 1 is 0.397 bits per heavy atom. The molecule has 294 valence electrons. The van der Waals surface area contributed by atoms with Crippen molar-refractivity contribution in [3.8, 4) is 50.5 Å². The number of benzene rings is 11. The summed E-state index contributed by atoms with van der Waals surface area (Å²) < 4.78 is 19.1. The molecule has 0 amide bonds. The van der Waals surface area contributed by atoms with Crippen molar-refractivity contribution in [3.05, 3.63) is 224 Å². The second-order valence-corrected chi connectivity index (χ2v) is 19.2. The normalized spacial score (nSPS) is 14.5. The maximum atomic E-state index is 16.8. The van der Waals surface area contributed by atoms with Gasteiger partial charge in [-0.25, -0.2) is 4.98 Å². The molecule has 0 N–H and O–H groups in total. The van der Waals surface area contributed by atoms with Crippen molar-refractivity contribution in [3.63, 3.8) is 0 Å². The zero-order valence-electron chi connectivity index (χ0n) is 34.1. The summed E-state index contributed by atoms with van der Waals surface area (Å²) in [5, 5.41) is 12.0. The maximum Gasteiger partial charge on any atom is 0.175 e. The third-order valence-electron chi connectivity index (χ3n) is 13.2. The Balaban J connectivity index is 1.18. The summed E-state index contributed by atoms with van der Waals surface area (Å²) in [7, 11) is -3.49. The second-order valence-electron chi connectivity index (χ2n) is 16.5. The van der Waals surface area contributed by atoms with Gasteiger partial charge in [-0.15, -0.1) is 0 Å². The second kappa shape index (κ2) is 13.8. The average Bonchev–Trinajstić information content (AvgIpc) is 3.75. The quantitative estimate of drug-likeness (QED) is 0.128. The van der Waals surface area contributed by atoms with E-state index >= 15 is 4.57 Å². The Morgan fingerprint density at radius 2 is 0.921 bits per heavy atom. The fourth-order valence-electron chi connectivity index (χ4n) is 10.5. The molecule has 63 heavy (non-hydrogen) atoms. The van der Waals surface area contributed by atoms with E-state index in [1.165, 1.54) is 60.0 Å². The van der Waals surface area contributed by atoms with Gasteiger partial charge in [-0.3, -0.25) is 4.57 Å². The van der Waals surface area contributed by atoms with Crippen LogP contribution in [0.25, 0.3) is 105 Å². The van der Waals surface area contributed by atoms with Crippen molar-refractivity contribution in [2.75, 3.05) is 0 Å². The van der Waals surface area contributed by atoms with Crippen molar-refractivity contribution in [1.82, 2.24) is 9.55 Å². The predicted molar refractivity (Wildman–Crippen MR) is 266 cm³/mol. The Labute approximate surface area is 364 Å². The summed E-state index contributed by atoms with van der Waals surface area (Å²) in [5.74, 6) is 0.832. The van der Waals surface area contributed by atoms with Crippen LogP contribution in [0.2, 0.25) is 0 Å². The number of nitrogens with zero attached hydrogens (tertiary/aromatic N) is 2. The number of hydrogen-bond acceptors (Lipinski definition) is 2. The molecule has 2 heterocycles. The topological polar surface area (TPSA) is 34.9 Å². The third-order valence-corrected chi connectivity index (χ3v) is 16.3. The van der Waals surface area contributed by atoms with Gasteiger partial charge in [0.05, 0.1) is 22.0 Å². The van der Waals surface area contributed by atoms with E-state index in [1.54, 1.807) is 0 Å². The molecule has 0 saturated carbocycles. The van der Waals surface area contributed by atoms with Crippen LogP contribution in [0, 0.1) is 0 Å². The van der Waals surface area contributed by atoms with Crippen LogP contribution in [0.5, 0.6) is 0 Å². The maximum absolute atomic E-state index is 16.8. The highest BCUT2D eigenvalue weighted by Gasteiger charge is 2.42. The number of hydrogen-bond donors (Lipinski definition) is 0. The van der Waals surface area contributed by atoms with Gasteiger partial charge in [0.2, 0.25) is 0 Å². The highest BCUT2D eigenvalue weighted by Crippen LogP contribution is 2.53. The van der Waals surface area contributed by atoms with Gasteiger partial charge < -0.3 is 4.57 Å². The van der Waals surface area contributed by atoms with Gasteiger partial charge in [-0.1, -0.05) is 200 Å². The summed E-state index contributed by atoms with van der Waals surface area (Å²) in [4.78, 5) is 5.26. The van der Waals surface area contributed by atoms with Crippen molar-refractivity contribution in [1.29, 1.82) is 0 Å². The molecule has 0 saturated heterocycles. The standard InChI is InChI=1S/C59H37N2OP/c62-63(42-23-5-2-6-24-42)54-34-16-32-52-57(54)61(59(60-52)40-19-3-1-4-20-40)53-33-15-29-45(58(53)63)41-35-36-50-51(37-41)56(47-31-14-22-39-18-8-10-26-44(39)47)49-28-12-11-27-48(49)55(50)46-30-13-21-38-17-7-9-25-43(38)46/h1-37H. The van der Waals surface area contributed by atoms with Gasteiger partial charge in [0.25, 0.3) is 0 Å². The zero-order valence-corrected chi connectivity index (χ0v) is 35.0. The lowest BCUT2D eigenvalue weighted by Gasteiger charge is -2.31. The molecule has 1 atom stereocenters. The molecule has 11 aromatic carbocycles. The van der Waals surface area contributed by atoms with E-state index in [0.29, 0.717) is 0 Å². The summed E-state index contributed by atoms with van der Waals surface area (Å²) in [6.07, 6.45) is 0. The minimum absolute atomic E-state index is 0.807. The highest BCUT2D eigenvalue weighted by atomic mass is 31.2. The zero-order chi connectivity index (χ0) is 41.6. The molecule has 1 aromatic heterocycles. The fourth-order valence-corrected chi connectivity index (χ4v) is 13.7. The van der Waals surface area contributed by atoms with Crippen molar-refractivity contribution in [2.45, 2.75) is 0 Å². The average molecular weight is 821 g/mol. The number of para-hydroxylation sites is 1. The lowest BCUT2D eigenvalue weighted by Crippen LogP contribution is -2.34. The van der Waals surface area contributed by atoms with Gasteiger partial charge in [0.1, 0.15) is 5.82 Å². The van der Waals surface area contributed by atoms with E-state index in [4.69, 9.17) is 4.98 Å². The van der Waals surface area contributed by atoms with E-state index in [-0.39, 0.29) is 0 Å². The first-order chi connectivity index (χ1) is 31.2. The van der Waals surface area contributed by atoms with E-state index in [1.807, 2.05) is 48.5 Å². The van der Waals surface area contributed by atoms with Gasteiger partial charge in [-0.05, 0) is 101 Å². The molecular formula is C59H37N2OP. The van der Waals surface area contributed by atoms with Crippen LogP contribution in [0.3, 0.4) is 0 Å². The van der Waals surface area contributed by atoms with Gasteiger partial charge in [0, 0.05) is 16.2 Å². The lowest BCUT2D eigenvalue weighted by molar-refractivity contribution is 0.592. The first kappa shape index (κ1) is 35.9. The Bertz CT molecular complexity index is 3880. The SMILES string of the molecule is O=P1(c2ccccc2)c2c(-c3ccc4c(-c5cccc6ccccc56)c5ccccc5c(-c5cccc6ccccc56)c4c3)cccc2-n2c(-c3ccccc3)nc3cccc1c32. The monoisotopic (exact) mass is 820 g/mol. The number of rotatable bonds is 5. The molecule has 0 bridgehead atoms. The molecular weight excluding hydrogens is 784 g/mol. The number of imidazole rings is 1. The molecule has 0 radical (unpaired) electrons. The van der Waals surface area contributed by atoms with E-state index < -0.39 is 7.14 Å². The van der Waals surface area contributed by atoms with Crippen LogP contribution in [0.15, 0.2) is 224 Å². The third kappa shape index (κ3) is 5.21. The molecule has 12 aromatic rings. The van der Waals surface area contributed by atoms with Crippen LogP contribution in [0.1, 0.15) is 0 Å². The number of aromatic nitrogens is 2. The molecule has 1 aliphatic heterocycles. The molecule has 13 rings (SSSR count). The summed E-state index contributed by atoms with van der Waals surface area (Å²) >= 11 is 0. The van der Waals surface area contributed by atoms with E-state index in [9.17, 15) is 0 Å².